The SMILES string of the molecule is Cc1ccc(C(C)NC(=O)CSCc2ccc(Br)cc2)cc1C. The largest absolute Gasteiger partial charge is 0.349 e. The minimum atomic E-state index is 0.0371. The summed E-state index contributed by atoms with van der Waals surface area (Å²) in [5.74, 6) is 1.40. The Morgan fingerprint density at radius 2 is 1.83 bits per heavy atom. The van der Waals surface area contributed by atoms with Crippen molar-refractivity contribution in [2.75, 3.05) is 5.75 Å². The number of rotatable bonds is 6. The number of halogens is 1. The molecular formula is C19H22BrNOS. The molecule has 1 N–H and O–H groups in total. The van der Waals surface area contributed by atoms with Crippen molar-refractivity contribution in [3.63, 3.8) is 0 Å². The maximum Gasteiger partial charge on any atom is 0.230 e. The first-order valence-electron chi connectivity index (χ1n) is 7.64. The van der Waals surface area contributed by atoms with Crippen molar-refractivity contribution in [1.29, 1.82) is 0 Å². The Morgan fingerprint density at radius 3 is 2.48 bits per heavy atom. The molecule has 0 heterocycles. The number of nitrogens with one attached hydrogen (secondary N) is 1. The first kappa shape index (κ1) is 18.1. The Bertz CT molecular complexity index is 670. The average molecular weight is 392 g/mol. The molecule has 0 aliphatic carbocycles. The smallest absolute Gasteiger partial charge is 0.230 e. The highest BCUT2D eigenvalue weighted by Crippen LogP contribution is 2.18. The molecule has 122 valence electrons. The normalized spacial score (nSPS) is 12.0. The molecule has 23 heavy (non-hydrogen) atoms. The van der Waals surface area contributed by atoms with E-state index in [1.165, 1.54) is 16.7 Å². The third-order valence-electron chi connectivity index (χ3n) is 3.82. The summed E-state index contributed by atoms with van der Waals surface area (Å²) in [6, 6.07) is 14.6. The van der Waals surface area contributed by atoms with Gasteiger partial charge in [0.05, 0.1) is 11.8 Å². The second kappa shape index (κ2) is 8.55. The summed E-state index contributed by atoms with van der Waals surface area (Å²) in [5, 5.41) is 3.07. The fourth-order valence-corrected chi connectivity index (χ4v) is 3.31. The standard InChI is InChI=1S/C19H22BrNOS/c1-13-4-7-17(10-14(13)2)15(3)21-19(22)12-23-11-16-5-8-18(20)9-6-16/h4-10,15H,11-12H2,1-3H3,(H,21,22). The van der Waals surface area contributed by atoms with Gasteiger partial charge in [-0.05, 0) is 55.2 Å². The van der Waals surface area contributed by atoms with Crippen LogP contribution in [0.1, 0.15) is 35.2 Å². The highest BCUT2D eigenvalue weighted by Gasteiger charge is 2.10. The number of thioether (sulfide) groups is 1. The molecule has 2 rings (SSSR count). The quantitative estimate of drug-likeness (QED) is 0.734. The summed E-state index contributed by atoms with van der Waals surface area (Å²) in [6.45, 7) is 6.23. The Balaban J connectivity index is 1.79. The number of hydrogen-bond donors (Lipinski definition) is 1. The lowest BCUT2D eigenvalue weighted by Crippen LogP contribution is -2.28. The number of hydrogen-bond acceptors (Lipinski definition) is 2. The van der Waals surface area contributed by atoms with E-state index in [2.05, 4.69) is 65.4 Å². The minimum Gasteiger partial charge on any atom is -0.349 e. The fraction of sp³-hybridized carbons (Fsp3) is 0.316. The summed E-state index contributed by atoms with van der Waals surface area (Å²) in [7, 11) is 0. The number of carbonyl (C=O) groups is 1. The van der Waals surface area contributed by atoms with Crippen LogP contribution in [0.25, 0.3) is 0 Å². The topological polar surface area (TPSA) is 29.1 Å². The zero-order chi connectivity index (χ0) is 16.8. The molecule has 0 saturated carbocycles. The van der Waals surface area contributed by atoms with E-state index in [0.29, 0.717) is 5.75 Å². The molecule has 0 saturated heterocycles. The van der Waals surface area contributed by atoms with Gasteiger partial charge in [0.15, 0.2) is 0 Å². The number of benzene rings is 2. The Hall–Kier alpha value is -1.26. The third-order valence-corrected chi connectivity index (χ3v) is 5.36. The van der Waals surface area contributed by atoms with Crippen LogP contribution in [-0.2, 0) is 10.5 Å². The number of amides is 1. The van der Waals surface area contributed by atoms with Crippen LogP contribution in [0.2, 0.25) is 0 Å². The van der Waals surface area contributed by atoms with Crippen LogP contribution in [0, 0.1) is 13.8 Å². The van der Waals surface area contributed by atoms with E-state index in [1.807, 2.05) is 19.1 Å². The molecule has 0 radical (unpaired) electrons. The monoisotopic (exact) mass is 391 g/mol. The van der Waals surface area contributed by atoms with Gasteiger partial charge in [-0.3, -0.25) is 4.79 Å². The second-order valence-corrected chi connectivity index (χ2v) is 7.65. The number of aryl methyl sites for hydroxylation is 2. The van der Waals surface area contributed by atoms with E-state index in [-0.39, 0.29) is 11.9 Å². The minimum absolute atomic E-state index is 0.0371. The summed E-state index contributed by atoms with van der Waals surface area (Å²) in [5.41, 5.74) is 4.91. The van der Waals surface area contributed by atoms with Gasteiger partial charge in [0.2, 0.25) is 5.91 Å². The van der Waals surface area contributed by atoms with Gasteiger partial charge in [-0.15, -0.1) is 11.8 Å². The van der Waals surface area contributed by atoms with Gasteiger partial charge in [0.25, 0.3) is 0 Å². The van der Waals surface area contributed by atoms with Crippen LogP contribution in [0.3, 0.4) is 0 Å². The molecule has 0 bridgehead atoms. The molecule has 1 amide bonds. The Labute approximate surface area is 151 Å². The summed E-state index contributed by atoms with van der Waals surface area (Å²) < 4.78 is 1.08. The van der Waals surface area contributed by atoms with Crippen molar-refractivity contribution in [2.45, 2.75) is 32.6 Å². The zero-order valence-electron chi connectivity index (χ0n) is 13.7. The van der Waals surface area contributed by atoms with E-state index < -0.39 is 0 Å². The maximum atomic E-state index is 12.1. The van der Waals surface area contributed by atoms with Gasteiger partial charge in [0, 0.05) is 10.2 Å². The van der Waals surface area contributed by atoms with E-state index in [9.17, 15) is 4.79 Å². The van der Waals surface area contributed by atoms with Crippen molar-refractivity contribution >= 4 is 33.6 Å². The lowest BCUT2D eigenvalue weighted by atomic mass is 10.0. The fourth-order valence-electron chi connectivity index (χ4n) is 2.24. The average Bonchev–Trinajstić information content (AvgIpc) is 2.52. The predicted octanol–water partition coefficient (Wildman–Crippen LogP) is 5.18. The van der Waals surface area contributed by atoms with Crippen LogP contribution in [0.5, 0.6) is 0 Å². The number of carbonyl (C=O) groups excluding carboxylic acids is 1. The summed E-state index contributed by atoms with van der Waals surface area (Å²) in [4.78, 5) is 12.1. The summed E-state index contributed by atoms with van der Waals surface area (Å²) in [6.07, 6.45) is 0. The summed E-state index contributed by atoms with van der Waals surface area (Å²) >= 11 is 5.06. The molecular weight excluding hydrogens is 370 g/mol. The van der Waals surface area contributed by atoms with E-state index >= 15 is 0 Å². The molecule has 4 heteroatoms. The molecule has 2 aromatic carbocycles. The van der Waals surface area contributed by atoms with E-state index in [1.54, 1.807) is 11.8 Å². The van der Waals surface area contributed by atoms with Crippen LogP contribution in [0.4, 0.5) is 0 Å². The molecule has 2 aromatic rings. The van der Waals surface area contributed by atoms with E-state index in [4.69, 9.17) is 0 Å². The van der Waals surface area contributed by atoms with Crippen molar-refractivity contribution in [3.05, 3.63) is 69.2 Å². The van der Waals surface area contributed by atoms with Crippen LogP contribution in [-0.4, -0.2) is 11.7 Å². The van der Waals surface area contributed by atoms with Crippen molar-refractivity contribution in [2.24, 2.45) is 0 Å². The zero-order valence-corrected chi connectivity index (χ0v) is 16.1. The maximum absolute atomic E-state index is 12.1. The van der Waals surface area contributed by atoms with Gasteiger partial charge in [-0.1, -0.05) is 46.3 Å². The van der Waals surface area contributed by atoms with E-state index in [0.717, 1.165) is 15.8 Å². The highest BCUT2D eigenvalue weighted by atomic mass is 79.9. The van der Waals surface area contributed by atoms with Gasteiger partial charge in [-0.25, -0.2) is 0 Å². The molecule has 2 nitrogen and oxygen atoms in total. The second-order valence-electron chi connectivity index (χ2n) is 5.75. The van der Waals surface area contributed by atoms with Crippen LogP contribution >= 0.6 is 27.7 Å². The molecule has 0 spiro atoms. The predicted molar refractivity (Wildman–Crippen MR) is 103 cm³/mol. The molecule has 0 aliphatic rings. The lowest BCUT2D eigenvalue weighted by Gasteiger charge is -2.15. The lowest BCUT2D eigenvalue weighted by molar-refractivity contribution is -0.119. The van der Waals surface area contributed by atoms with Gasteiger partial charge in [-0.2, -0.15) is 0 Å². The molecule has 0 aliphatic heterocycles. The third kappa shape index (κ3) is 5.70. The van der Waals surface area contributed by atoms with Gasteiger partial charge >= 0.3 is 0 Å². The Morgan fingerprint density at radius 1 is 1.13 bits per heavy atom. The molecule has 1 atom stereocenters. The molecule has 0 aromatic heterocycles. The van der Waals surface area contributed by atoms with Gasteiger partial charge < -0.3 is 5.32 Å². The van der Waals surface area contributed by atoms with Crippen molar-refractivity contribution in [3.8, 4) is 0 Å². The van der Waals surface area contributed by atoms with Crippen LogP contribution in [0.15, 0.2) is 46.9 Å². The van der Waals surface area contributed by atoms with Gasteiger partial charge in [0.1, 0.15) is 0 Å². The van der Waals surface area contributed by atoms with Crippen LogP contribution < -0.4 is 5.32 Å². The highest BCUT2D eigenvalue weighted by molar-refractivity contribution is 9.10. The Kier molecular flexibility index (Phi) is 6.72. The first-order chi connectivity index (χ1) is 11.0. The first-order valence-corrected chi connectivity index (χ1v) is 9.59. The van der Waals surface area contributed by atoms with Crippen molar-refractivity contribution in [1.82, 2.24) is 5.32 Å². The molecule has 1 unspecified atom stereocenters. The van der Waals surface area contributed by atoms with Crippen molar-refractivity contribution < 1.29 is 4.79 Å². The molecule has 0 fully saturated rings.